The van der Waals surface area contributed by atoms with Crippen molar-refractivity contribution in [3.8, 4) is 0 Å². The molecular formula is C22H16N4O2. The highest BCUT2D eigenvalue weighted by molar-refractivity contribution is 5.95. The van der Waals surface area contributed by atoms with Gasteiger partial charge in [-0.25, -0.2) is 0 Å². The molecule has 1 N–H and O–H groups in total. The molecule has 0 spiro atoms. The van der Waals surface area contributed by atoms with E-state index in [9.17, 15) is 9.70 Å². The van der Waals surface area contributed by atoms with Gasteiger partial charge in [0.1, 0.15) is 5.69 Å². The molecule has 6 nitrogen and oxygen atoms in total. The highest BCUT2D eigenvalue weighted by Gasteiger charge is 2.23. The normalized spacial score (nSPS) is 11.7. The molecule has 6 heteroatoms. The summed E-state index contributed by atoms with van der Waals surface area (Å²) in [7, 11) is 0. The van der Waals surface area contributed by atoms with E-state index in [1.54, 1.807) is 61.1 Å². The molecule has 1 atom stereocenters. The summed E-state index contributed by atoms with van der Waals surface area (Å²) in [6.07, 6.45) is 4.93. The number of nitrogens with one attached hydrogen (secondary N) is 1. The quantitative estimate of drug-likeness (QED) is 0.524. The Hall–Kier alpha value is -3.93. The van der Waals surface area contributed by atoms with Crippen molar-refractivity contribution in [2.75, 3.05) is 0 Å². The van der Waals surface area contributed by atoms with Crippen LogP contribution in [0.25, 0.3) is 10.9 Å². The minimum absolute atomic E-state index is 0.209. The molecule has 0 fully saturated rings. The van der Waals surface area contributed by atoms with Gasteiger partial charge in [0.2, 0.25) is 0 Å². The highest BCUT2D eigenvalue weighted by atomic mass is 16.3. The third-order valence-electron chi connectivity index (χ3n) is 4.51. The topological polar surface area (TPSA) is 84.3 Å². The van der Waals surface area contributed by atoms with E-state index in [2.05, 4.69) is 20.5 Å². The van der Waals surface area contributed by atoms with Crippen LogP contribution >= 0.6 is 0 Å². The standard InChI is InChI=1S/C22H16N4O2/c27-22(16-6-2-1-3-7-16)25-19(17-9-4-12-23-14-17)18-11-10-15-8-5-13-24-20(15)21(18)26-28/h1-14,19H,(H,25,27). The number of aromatic nitrogens is 2. The molecule has 0 saturated carbocycles. The maximum absolute atomic E-state index is 12.8. The second kappa shape index (κ2) is 7.75. The fourth-order valence-electron chi connectivity index (χ4n) is 3.17. The number of nitrogens with zero attached hydrogens (tertiary/aromatic N) is 3. The van der Waals surface area contributed by atoms with Gasteiger partial charge in [0, 0.05) is 35.1 Å². The Bertz CT molecular complexity index is 1130. The summed E-state index contributed by atoms with van der Waals surface area (Å²) in [6.45, 7) is 0. The van der Waals surface area contributed by atoms with Crippen LogP contribution in [0, 0.1) is 4.91 Å². The van der Waals surface area contributed by atoms with Crippen LogP contribution in [0.2, 0.25) is 0 Å². The van der Waals surface area contributed by atoms with Crippen molar-refractivity contribution in [1.82, 2.24) is 15.3 Å². The van der Waals surface area contributed by atoms with Crippen molar-refractivity contribution in [2.45, 2.75) is 6.04 Å². The molecule has 0 saturated heterocycles. The van der Waals surface area contributed by atoms with E-state index in [0.717, 1.165) is 10.9 Å². The van der Waals surface area contributed by atoms with Gasteiger partial charge in [-0.2, -0.15) is 0 Å². The van der Waals surface area contributed by atoms with Crippen molar-refractivity contribution < 1.29 is 4.79 Å². The minimum atomic E-state index is -0.597. The number of hydrogen-bond acceptors (Lipinski definition) is 5. The number of amides is 1. The molecule has 0 aliphatic rings. The minimum Gasteiger partial charge on any atom is -0.341 e. The van der Waals surface area contributed by atoms with Gasteiger partial charge < -0.3 is 5.32 Å². The summed E-state index contributed by atoms with van der Waals surface area (Å²) in [5, 5.41) is 7.05. The number of carbonyl (C=O) groups is 1. The molecule has 2 aromatic carbocycles. The average Bonchev–Trinajstić information content (AvgIpc) is 2.77. The molecule has 1 amide bonds. The lowest BCUT2D eigenvalue weighted by molar-refractivity contribution is 0.0943. The molecule has 4 rings (SSSR count). The summed E-state index contributed by atoms with van der Waals surface area (Å²) in [6, 6.07) is 19.3. The zero-order valence-corrected chi connectivity index (χ0v) is 14.8. The fourth-order valence-corrected chi connectivity index (χ4v) is 3.17. The van der Waals surface area contributed by atoms with E-state index < -0.39 is 6.04 Å². The zero-order chi connectivity index (χ0) is 19.3. The highest BCUT2D eigenvalue weighted by Crippen LogP contribution is 2.35. The Balaban J connectivity index is 1.84. The first-order valence-corrected chi connectivity index (χ1v) is 8.75. The Morgan fingerprint density at radius 1 is 0.929 bits per heavy atom. The lowest BCUT2D eigenvalue weighted by atomic mass is 9.96. The average molecular weight is 368 g/mol. The van der Waals surface area contributed by atoms with Gasteiger partial charge >= 0.3 is 0 Å². The second-order valence-corrected chi connectivity index (χ2v) is 6.23. The zero-order valence-electron chi connectivity index (χ0n) is 14.8. The van der Waals surface area contributed by atoms with Crippen molar-refractivity contribution in [3.63, 3.8) is 0 Å². The molecule has 136 valence electrons. The monoisotopic (exact) mass is 368 g/mol. The van der Waals surface area contributed by atoms with E-state index >= 15 is 0 Å². The molecule has 2 aromatic heterocycles. The SMILES string of the molecule is O=Nc1c(C(NC(=O)c2ccccc2)c2cccnc2)ccc2cccnc12. The summed E-state index contributed by atoms with van der Waals surface area (Å²) in [4.78, 5) is 33.0. The van der Waals surface area contributed by atoms with Gasteiger partial charge in [0.05, 0.1) is 11.6 Å². The fraction of sp³-hybridized carbons (Fsp3) is 0.0455. The van der Waals surface area contributed by atoms with E-state index in [4.69, 9.17) is 0 Å². The van der Waals surface area contributed by atoms with Crippen LogP contribution in [0.3, 0.4) is 0 Å². The number of rotatable bonds is 5. The summed E-state index contributed by atoms with van der Waals surface area (Å²) in [5.74, 6) is -0.257. The number of pyridine rings is 2. The third kappa shape index (κ3) is 3.35. The van der Waals surface area contributed by atoms with Crippen LogP contribution in [0.1, 0.15) is 27.5 Å². The van der Waals surface area contributed by atoms with Gasteiger partial charge in [0.25, 0.3) is 5.91 Å². The van der Waals surface area contributed by atoms with Gasteiger partial charge in [-0.05, 0) is 35.0 Å². The Morgan fingerprint density at radius 3 is 2.50 bits per heavy atom. The lowest BCUT2D eigenvalue weighted by Gasteiger charge is -2.21. The number of hydrogen-bond donors (Lipinski definition) is 1. The van der Waals surface area contributed by atoms with Crippen molar-refractivity contribution >= 4 is 22.5 Å². The van der Waals surface area contributed by atoms with Crippen LogP contribution in [0.4, 0.5) is 5.69 Å². The molecule has 0 aliphatic carbocycles. The maximum atomic E-state index is 12.8. The molecule has 0 bridgehead atoms. The van der Waals surface area contributed by atoms with Crippen LogP contribution in [-0.2, 0) is 0 Å². The first kappa shape index (κ1) is 17.5. The molecule has 4 aromatic rings. The number of fused-ring (bicyclic) bond motifs is 1. The number of benzene rings is 2. The molecule has 0 radical (unpaired) electrons. The summed E-state index contributed by atoms with van der Waals surface area (Å²) >= 11 is 0. The largest absolute Gasteiger partial charge is 0.341 e. The molecule has 1 unspecified atom stereocenters. The van der Waals surface area contributed by atoms with Crippen LogP contribution < -0.4 is 5.32 Å². The van der Waals surface area contributed by atoms with Gasteiger partial charge in [0.15, 0.2) is 0 Å². The van der Waals surface area contributed by atoms with Gasteiger partial charge in [-0.3, -0.25) is 14.8 Å². The lowest BCUT2D eigenvalue weighted by Crippen LogP contribution is -2.29. The number of nitroso groups, excluding NO2 is 1. The Morgan fingerprint density at radius 2 is 1.75 bits per heavy atom. The Labute approximate surface area is 161 Å². The molecule has 0 aliphatic heterocycles. The van der Waals surface area contributed by atoms with Crippen LogP contribution in [0.15, 0.2) is 90.5 Å². The Kier molecular flexibility index (Phi) is 4.84. The first-order chi connectivity index (χ1) is 13.8. The van der Waals surface area contributed by atoms with Gasteiger partial charge in [-0.15, -0.1) is 4.91 Å². The maximum Gasteiger partial charge on any atom is 0.252 e. The van der Waals surface area contributed by atoms with Crippen molar-refractivity contribution in [1.29, 1.82) is 0 Å². The first-order valence-electron chi connectivity index (χ1n) is 8.75. The van der Waals surface area contributed by atoms with Gasteiger partial charge in [-0.1, -0.05) is 42.5 Å². The second-order valence-electron chi connectivity index (χ2n) is 6.23. The summed E-state index contributed by atoms with van der Waals surface area (Å²) < 4.78 is 0. The van der Waals surface area contributed by atoms with E-state index in [0.29, 0.717) is 16.6 Å². The molecule has 28 heavy (non-hydrogen) atoms. The number of carbonyl (C=O) groups excluding carboxylic acids is 1. The summed E-state index contributed by atoms with van der Waals surface area (Å²) in [5.41, 5.74) is 2.54. The van der Waals surface area contributed by atoms with Crippen molar-refractivity contribution in [3.05, 3.63) is 107 Å². The van der Waals surface area contributed by atoms with Crippen molar-refractivity contribution in [2.24, 2.45) is 5.18 Å². The van der Waals surface area contributed by atoms with Crippen LogP contribution in [0.5, 0.6) is 0 Å². The predicted octanol–water partition coefficient (Wildman–Crippen LogP) is 4.55. The predicted molar refractivity (Wildman–Crippen MR) is 107 cm³/mol. The molecular weight excluding hydrogens is 352 g/mol. The van der Waals surface area contributed by atoms with E-state index in [1.807, 2.05) is 24.3 Å². The third-order valence-corrected chi connectivity index (χ3v) is 4.51. The smallest absolute Gasteiger partial charge is 0.252 e. The molecule has 2 heterocycles. The van der Waals surface area contributed by atoms with E-state index in [1.165, 1.54) is 0 Å². The van der Waals surface area contributed by atoms with E-state index in [-0.39, 0.29) is 11.6 Å². The van der Waals surface area contributed by atoms with Crippen LogP contribution in [-0.4, -0.2) is 15.9 Å².